The number of carbonyl (C=O) groups is 1. The lowest BCUT2D eigenvalue weighted by Crippen LogP contribution is -1.99. The molecule has 0 fully saturated rings. The first-order chi connectivity index (χ1) is 8.33. The van der Waals surface area contributed by atoms with Crippen LogP contribution in [0.2, 0.25) is 0 Å². The number of carbonyl (C=O) groups excluding carboxylic acids is 1. The molecule has 2 nitrogen and oxygen atoms in total. The molecule has 0 radical (unpaired) electrons. The molecular formula is C14H19BrO2. The fourth-order valence-electron chi connectivity index (χ4n) is 1.53. The maximum Gasteiger partial charge on any atom is 0.143 e. The molecule has 0 saturated carbocycles. The smallest absolute Gasteiger partial charge is 0.143 e. The van der Waals surface area contributed by atoms with E-state index in [2.05, 4.69) is 28.1 Å². The lowest BCUT2D eigenvalue weighted by atomic mass is 10.1. The van der Waals surface area contributed by atoms with E-state index >= 15 is 0 Å². The Hall–Kier alpha value is -0.670. The average Bonchev–Trinajstić information content (AvgIpc) is 2.38. The van der Waals surface area contributed by atoms with Crippen LogP contribution >= 0.6 is 15.9 Å². The Morgan fingerprint density at radius 2 is 1.88 bits per heavy atom. The van der Waals surface area contributed by atoms with Crippen LogP contribution in [0.5, 0.6) is 0 Å². The van der Waals surface area contributed by atoms with E-state index < -0.39 is 0 Å². The largest absolute Gasteiger partial charge is 0.377 e. The first-order valence-electron chi connectivity index (χ1n) is 6.02. The Morgan fingerprint density at radius 3 is 2.59 bits per heavy atom. The van der Waals surface area contributed by atoms with E-state index in [1.165, 1.54) is 5.56 Å². The molecular weight excluding hydrogens is 280 g/mol. The summed E-state index contributed by atoms with van der Waals surface area (Å²) >= 11 is 3.16. The van der Waals surface area contributed by atoms with Crippen LogP contribution in [0.4, 0.5) is 0 Å². The predicted octanol–water partition coefficient (Wildman–Crippen LogP) is 3.73. The predicted molar refractivity (Wildman–Crippen MR) is 73.4 cm³/mol. The molecule has 0 unspecified atom stereocenters. The van der Waals surface area contributed by atoms with Gasteiger partial charge in [0.1, 0.15) is 5.78 Å². The Bertz CT molecular complexity index is 311. The highest BCUT2D eigenvalue weighted by molar-refractivity contribution is 9.09. The summed E-state index contributed by atoms with van der Waals surface area (Å²) < 4.78 is 5.56. The summed E-state index contributed by atoms with van der Waals surface area (Å²) in [6, 6.07) is 10.2. The van der Waals surface area contributed by atoms with Crippen LogP contribution in [0, 0.1) is 0 Å². The number of hydrogen-bond donors (Lipinski definition) is 0. The van der Waals surface area contributed by atoms with Crippen LogP contribution in [0.25, 0.3) is 0 Å². The quantitative estimate of drug-likeness (QED) is 0.513. The Balaban J connectivity index is 1.93. The van der Waals surface area contributed by atoms with Gasteiger partial charge in [-0.3, -0.25) is 4.79 Å². The van der Waals surface area contributed by atoms with Gasteiger partial charge in [0.25, 0.3) is 0 Å². The van der Waals surface area contributed by atoms with E-state index in [0.717, 1.165) is 25.9 Å². The molecule has 0 aliphatic heterocycles. The molecule has 0 amide bonds. The van der Waals surface area contributed by atoms with Crippen LogP contribution in [0.1, 0.15) is 31.2 Å². The van der Waals surface area contributed by atoms with Gasteiger partial charge in [0.15, 0.2) is 0 Å². The zero-order valence-corrected chi connectivity index (χ0v) is 11.6. The fourth-order valence-corrected chi connectivity index (χ4v) is 1.81. The normalized spacial score (nSPS) is 10.4. The van der Waals surface area contributed by atoms with Gasteiger partial charge >= 0.3 is 0 Å². The molecule has 17 heavy (non-hydrogen) atoms. The van der Waals surface area contributed by atoms with Gasteiger partial charge in [-0.25, -0.2) is 0 Å². The van der Waals surface area contributed by atoms with E-state index in [9.17, 15) is 4.79 Å². The van der Waals surface area contributed by atoms with Crippen molar-refractivity contribution in [3.05, 3.63) is 35.9 Å². The van der Waals surface area contributed by atoms with Crippen molar-refractivity contribution in [2.24, 2.45) is 0 Å². The second-order valence-electron chi connectivity index (χ2n) is 4.02. The summed E-state index contributed by atoms with van der Waals surface area (Å²) in [6.07, 6.45) is 3.75. The molecule has 0 N–H and O–H groups in total. The van der Waals surface area contributed by atoms with E-state index in [0.29, 0.717) is 18.4 Å². The Labute approximate surface area is 111 Å². The number of halogens is 1. The van der Waals surface area contributed by atoms with E-state index in [-0.39, 0.29) is 5.78 Å². The van der Waals surface area contributed by atoms with Crippen LogP contribution in [-0.4, -0.2) is 17.7 Å². The molecule has 3 heteroatoms. The lowest BCUT2D eigenvalue weighted by Gasteiger charge is -2.04. The number of ether oxygens (including phenoxy) is 1. The number of ketones is 1. The summed E-state index contributed by atoms with van der Waals surface area (Å²) in [5.41, 5.74) is 1.21. The third-order valence-corrected chi connectivity index (χ3v) is 3.13. The van der Waals surface area contributed by atoms with Gasteiger partial charge in [-0.1, -0.05) is 52.7 Å². The second-order valence-corrected chi connectivity index (χ2v) is 4.58. The highest BCUT2D eigenvalue weighted by Crippen LogP contribution is 2.04. The topological polar surface area (TPSA) is 26.3 Å². The molecule has 0 aliphatic carbocycles. The zero-order valence-electron chi connectivity index (χ0n) is 10.0. The van der Waals surface area contributed by atoms with Gasteiger partial charge in [-0.05, 0) is 18.4 Å². The van der Waals surface area contributed by atoms with Gasteiger partial charge in [0.2, 0.25) is 0 Å². The molecule has 0 spiro atoms. The average molecular weight is 299 g/mol. The standard InChI is InChI=1S/C14H19BrO2/c15-11-14(16)9-5-2-6-10-17-12-13-7-3-1-4-8-13/h1,3-4,7-8H,2,5-6,9-12H2. The first kappa shape index (κ1) is 14.4. The van der Waals surface area contributed by atoms with Crippen molar-refractivity contribution < 1.29 is 9.53 Å². The summed E-state index contributed by atoms with van der Waals surface area (Å²) in [7, 11) is 0. The van der Waals surface area contributed by atoms with Crippen molar-refractivity contribution in [2.45, 2.75) is 32.3 Å². The maximum absolute atomic E-state index is 11.0. The minimum absolute atomic E-state index is 0.287. The van der Waals surface area contributed by atoms with Crippen LogP contribution in [-0.2, 0) is 16.1 Å². The van der Waals surface area contributed by atoms with Gasteiger partial charge in [-0.2, -0.15) is 0 Å². The summed E-state index contributed by atoms with van der Waals surface area (Å²) in [4.78, 5) is 11.0. The number of hydrogen-bond acceptors (Lipinski definition) is 2. The van der Waals surface area contributed by atoms with Crippen LogP contribution in [0.15, 0.2) is 30.3 Å². The van der Waals surface area contributed by atoms with Crippen molar-refractivity contribution in [1.29, 1.82) is 0 Å². The van der Waals surface area contributed by atoms with Crippen molar-refractivity contribution in [3.63, 3.8) is 0 Å². The third kappa shape index (κ3) is 7.29. The van der Waals surface area contributed by atoms with Gasteiger partial charge in [0, 0.05) is 13.0 Å². The van der Waals surface area contributed by atoms with Crippen molar-refractivity contribution in [3.8, 4) is 0 Å². The van der Waals surface area contributed by atoms with Crippen LogP contribution < -0.4 is 0 Å². The zero-order chi connectivity index (χ0) is 12.3. The highest BCUT2D eigenvalue weighted by atomic mass is 79.9. The molecule has 1 aromatic rings. The molecule has 0 aromatic heterocycles. The molecule has 0 atom stereocenters. The first-order valence-corrected chi connectivity index (χ1v) is 7.14. The van der Waals surface area contributed by atoms with Gasteiger partial charge in [0.05, 0.1) is 11.9 Å². The van der Waals surface area contributed by atoms with Gasteiger partial charge < -0.3 is 4.74 Å². The minimum Gasteiger partial charge on any atom is -0.377 e. The Morgan fingerprint density at radius 1 is 1.12 bits per heavy atom. The van der Waals surface area contributed by atoms with Crippen molar-refractivity contribution in [1.82, 2.24) is 0 Å². The second kappa shape index (κ2) is 9.37. The van der Waals surface area contributed by atoms with E-state index in [1.807, 2.05) is 18.2 Å². The lowest BCUT2D eigenvalue weighted by molar-refractivity contribution is -0.116. The monoisotopic (exact) mass is 298 g/mol. The van der Waals surface area contributed by atoms with E-state index in [1.54, 1.807) is 0 Å². The number of alkyl halides is 1. The summed E-state index contributed by atoms with van der Waals surface area (Å²) in [5.74, 6) is 0.287. The number of benzene rings is 1. The number of unbranched alkanes of at least 4 members (excludes halogenated alkanes) is 2. The number of rotatable bonds is 9. The molecule has 94 valence electrons. The molecule has 0 bridgehead atoms. The Kier molecular flexibility index (Phi) is 7.93. The molecule has 1 aromatic carbocycles. The fraction of sp³-hybridized carbons (Fsp3) is 0.500. The summed E-state index contributed by atoms with van der Waals surface area (Å²) in [6.45, 7) is 1.46. The van der Waals surface area contributed by atoms with Crippen molar-refractivity contribution in [2.75, 3.05) is 11.9 Å². The maximum atomic E-state index is 11.0. The third-order valence-electron chi connectivity index (χ3n) is 2.50. The van der Waals surface area contributed by atoms with Crippen LogP contribution in [0.3, 0.4) is 0 Å². The molecule has 0 aliphatic rings. The van der Waals surface area contributed by atoms with Gasteiger partial charge in [-0.15, -0.1) is 0 Å². The highest BCUT2D eigenvalue weighted by Gasteiger charge is 1.98. The summed E-state index contributed by atoms with van der Waals surface area (Å²) in [5, 5.41) is 0.484. The molecule has 0 heterocycles. The number of Topliss-reactive ketones (excluding diaryl/α,β-unsaturated/α-hetero) is 1. The van der Waals surface area contributed by atoms with Crippen molar-refractivity contribution >= 4 is 21.7 Å². The SMILES string of the molecule is O=C(CBr)CCCCCOCc1ccccc1. The molecule has 0 saturated heterocycles. The molecule has 1 rings (SSSR count). The minimum atomic E-state index is 0.287. The van der Waals surface area contributed by atoms with E-state index in [4.69, 9.17) is 4.74 Å².